The van der Waals surface area contributed by atoms with Gasteiger partial charge in [-0.05, 0) is 37.8 Å². The topological polar surface area (TPSA) is 104 Å². The highest BCUT2D eigenvalue weighted by Gasteiger charge is 2.33. The van der Waals surface area contributed by atoms with Gasteiger partial charge in [-0.25, -0.2) is 4.98 Å². The van der Waals surface area contributed by atoms with E-state index in [2.05, 4.69) is 10.3 Å². The Labute approximate surface area is 173 Å². The molecule has 29 heavy (non-hydrogen) atoms. The van der Waals surface area contributed by atoms with E-state index in [1.54, 1.807) is 0 Å². The summed E-state index contributed by atoms with van der Waals surface area (Å²) in [7, 11) is -0.769. The van der Waals surface area contributed by atoms with E-state index in [1.165, 1.54) is 25.6 Å². The van der Waals surface area contributed by atoms with E-state index < -0.39 is 7.60 Å². The third-order valence-corrected chi connectivity index (χ3v) is 7.79. The number of thiazole rings is 1. The number of carbonyl (C=O) groups excluding carboxylic acids is 2. The van der Waals surface area contributed by atoms with Crippen LogP contribution in [0.5, 0.6) is 0 Å². The number of nitrogens with one attached hydrogen (secondary N) is 1. The maximum atomic E-state index is 12.3. The summed E-state index contributed by atoms with van der Waals surface area (Å²) in [6.07, 6.45) is 2.34. The van der Waals surface area contributed by atoms with Crippen LogP contribution >= 0.6 is 18.9 Å². The first-order valence-electron chi connectivity index (χ1n) is 9.42. The number of Topliss-reactive ketones (excluding diaryl/α,β-unsaturated/α-hetero) is 1. The van der Waals surface area contributed by atoms with Crippen LogP contribution in [-0.4, -0.2) is 49.8 Å². The van der Waals surface area contributed by atoms with Gasteiger partial charge in [0.2, 0.25) is 0 Å². The van der Waals surface area contributed by atoms with Gasteiger partial charge in [-0.2, -0.15) is 0 Å². The molecule has 0 radical (unpaired) electrons. The second-order valence-corrected chi connectivity index (χ2v) is 10.2. The second-order valence-electron chi connectivity index (χ2n) is 6.92. The Kier molecular flexibility index (Phi) is 7.54. The van der Waals surface area contributed by atoms with Crippen molar-refractivity contribution >= 4 is 46.0 Å². The maximum absolute atomic E-state index is 12.3. The number of carbonyl (C=O) groups is 2. The van der Waals surface area contributed by atoms with Crippen molar-refractivity contribution in [3.05, 3.63) is 24.3 Å². The van der Waals surface area contributed by atoms with E-state index in [9.17, 15) is 14.2 Å². The van der Waals surface area contributed by atoms with Gasteiger partial charge in [0.05, 0.1) is 16.3 Å². The van der Waals surface area contributed by atoms with Gasteiger partial charge in [0.1, 0.15) is 18.6 Å². The third-order valence-electron chi connectivity index (χ3n) is 5.03. The Balaban J connectivity index is 1.41. The fraction of sp³-hybridized carbons (Fsp3) is 0.526. The number of para-hydroxylation sites is 1. The van der Waals surface area contributed by atoms with Gasteiger partial charge in [0, 0.05) is 20.1 Å². The smallest absolute Gasteiger partial charge is 0.337 e. The highest BCUT2D eigenvalue weighted by Crippen LogP contribution is 2.47. The van der Waals surface area contributed by atoms with E-state index in [4.69, 9.17) is 13.8 Å². The van der Waals surface area contributed by atoms with Gasteiger partial charge in [-0.1, -0.05) is 23.5 Å². The molecular formula is C19H25N2O6PS. The van der Waals surface area contributed by atoms with E-state index in [-0.39, 0.29) is 36.5 Å². The van der Waals surface area contributed by atoms with Crippen LogP contribution in [0.15, 0.2) is 24.3 Å². The summed E-state index contributed by atoms with van der Waals surface area (Å²) in [5.41, 5.74) is 0.850. The van der Waals surface area contributed by atoms with Crippen molar-refractivity contribution in [2.24, 2.45) is 5.92 Å². The molecule has 1 amide bonds. The zero-order valence-corrected chi connectivity index (χ0v) is 18.2. The van der Waals surface area contributed by atoms with Crippen LogP contribution in [0, 0.1) is 5.92 Å². The first-order chi connectivity index (χ1) is 13.9. The van der Waals surface area contributed by atoms with Gasteiger partial charge in [-0.15, -0.1) is 0 Å². The van der Waals surface area contributed by atoms with Crippen LogP contribution in [0.1, 0.15) is 25.7 Å². The maximum Gasteiger partial charge on any atom is 0.337 e. The van der Waals surface area contributed by atoms with Crippen molar-refractivity contribution in [2.75, 3.05) is 32.3 Å². The van der Waals surface area contributed by atoms with Gasteiger partial charge >= 0.3 is 7.60 Å². The summed E-state index contributed by atoms with van der Waals surface area (Å²) in [5.74, 6) is -0.530. The van der Waals surface area contributed by atoms with Crippen LogP contribution in [0.3, 0.4) is 0 Å². The lowest BCUT2D eigenvalue weighted by Gasteiger charge is -2.28. The molecular weight excluding hydrogens is 415 g/mol. The molecule has 0 saturated heterocycles. The van der Waals surface area contributed by atoms with Crippen LogP contribution in [0.4, 0.5) is 5.13 Å². The largest absolute Gasteiger partial charge is 0.368 e. The highest BCUT2D eigenvalue weighted by molar-refractivity contribution is 7.54. The van der Waals surface area contributed by atoms with Gasteiger partial charge < -0.3 is 13.8 Å². The Morgan fingerprint density at radius 1 is 1.17 bits per heavy atom. The molecule has 1 aliphatic carbocycles. The molecule has 1 aliphatic rings. The summed E-state index contributed by atoms with van der Waals surface area (Å²) >= 11 is 1.42. The summed E-state index contributed by atoms with van der Waals surface area (Å²) in [4.78, 5) is 28.9. The molecule has 0 aliphatic heterocycles. The number of rotatable bonds is 9. The number of anilines is 1. The number of ether oxygens (including phenoxy) is 1. The lowest BCUT2D eigenvalue weighted by molar-refractivity contribution is -0.126. The second kappa shape index (κ2) is 9.91. The fourth-order valence-electron chi connectivity index (χ4n) is 3.35. The molecule has 1 aromatic heterocycles. The molecule has 2 aromatic rings. The summed E-state index contributed by atoms with van der Waals surface area (Å²) in [6.45, 7) is -0.0538. The van der Waals surface area contributed by atoms with Gasteiger partial charge in [0.15, 0.2) is 5.13 Å². The third kappa shape index (κ3) is 5.93. The van der Waals surface area contributed by atoms with Crippen molar-refractivity contribution in [2.45, 2.75) is 31.8 Å². The van der Waals surface area contributed by atoms with Crippen molar-refractivity contribution in [3.8, 4) is 0 Å². The molecule has 1 saturated carbocycles. The first kappa shape index (κ1) is 22.1. The summed E-state index contributed by atoms with van der Waals surface area (Å²) in [5, 5.41) is 3.32. The minimum atomic E-state index is -3.33. The molecule has 3 rings (SSSR count). The first-order valence-corrected chi connectivity index (χ1v) is 12.0. The van der Waals surface area contributed by atoms with Gasteiger partial charge in [0.25, 0.3) is 5.91 Å². The fourth-order valence-corrected chi connectivity index (χ4v) is 5.28. The van der Waals surface area contributed by atoms with Crippen LogP contribution in [0.2, 0.25) is 0 Å². The number of fused-ring (bicyclic) bond motifs is 1. The van der Waals surface area contributed by atoms with Crippen LogP contribution in [0.25, 0.3) is 10.2 Å². The number of ketones is 1. The Hall–Kier alpha value is -1.64. The van der Waals surface area contributed by atoms with Gasteiger partial charge in [-0.3, -0.25) is 19.5 Å². The van der Waals surface area contributed by atoms with Crippen molar-refractivity contribution in [1.82, 2.24) is 4.98 Å². The zero-order chi connectivity index (χ0) is 20.9. The summed E-state index contributed by atoms with van der Waals surface area (Å²) in [6, 6.07) is 7.69. The molecule has 1 aromatic carbocycles. The Morgan fingerprint density at radius 2 is 1.86 bits per heavy atom. The quantitative estimate of drug-likeness (QED) is 0.591. The molecule has 1 heterocycles. The number of aromatic nitrogens is 1. The average Bonchev–Trinajstić information content (AvgIpc) is 3.14. The normalized spacial score (nSPS) is 19.9. The average molecular weight is 440 g/mol. The molecule has 158 valence electrons. The number of hydrogen-bond donors (Lipinski definition) is 1. The minimum Gasteiger partial charge on any atom is -0.368 e. The lowest BCUT2D eigenvalue weighted by Crippen LogP contribution is -2.30. The summed E-state index contributed by atoms with van der Waals surface area (Å²) < 4.78 is 28.5. The molecule has 0 bridgehead atoms. The standard InChI is InChI=1S/C19H25N2O6PS/c1-25-28(24,26-2)12-16(22)13-7-9-14(10-8-13)27-11-18(23)21-19-20-15-5-3-4-6-17(15)29-19/h3-6,13-14H,7-12H2,1-2H3,(H,20,21,23). The van der Waals surface area contributed by atoms with Crippen molar-refractivity contribution in [1.29, 1.82) is 0 Å². The van der Waals surface area contributed by atoms with E-state index >= 15 is 0 Å². The Bertz CT molecular complexity index is 868. The minimum absolute atomic E-state index is 0.0538. The molecule has 1 N–H and O–H groups in total. The number of amides is 1. The lowest BCUT2D eigenvalue weighted by atomic mass is 9.85. The SMILES string of the molecule is COP(=O)(CC(=O)C1CCC(OCC(=O)Nc2nc3ccccc3s2)CC1)OC. The van der Waals surface area contributed by atoms with Crippen LogP contribution < -0.4 is 5.32 Å². The predicted octanol–water partition coefficient (Wildman–Crippen LogP) is 3.87. The molecule has 8 nitrogen and oxygen atoms in total. The highest BCUT2D eigenvalue weighted by atomic mass is 32.1. The predicted molar refractivity (Wildman–Crippen MR) is 111 cm³/mol. The molecule has 10 heteroatoms. The number of benzene rings is 1. The number of hydrogen-bond acceptors (Lipinski definition) is 8. The van der Waals surface area contributed by atoms with Crippen molar-refractivity contribution in [3.63, 3.8) is 0 Å². The van der Waals surface area contributed by atoms with E-state index in [1.807, 2.05) is 24.3 Å². The monoisotopic (exact) mass is 440 g/mol. The molecule has 0 atom stereocenters. The zero-order valence-electron chi connectivity index (χ0n) is 16.5. The van der Waals surface area contributed by atoms with Crippen molar-refractivity contribution < 1.29 is 27.9 Å². The van der Waals surface area contributed by atoms with Crippen LogP contribution in [-0.2, 0) is 27.9 Å². The molecule has 0 spiro atoms. The Morgan fingerprint density at radius 3 is 2.52 bits per heavy atom. The van der Waals surface area contributed by atoms with E-state index in [0.29, 0.717) is 30.8 Å². The molecule has 0 unspecified atom stereocenters. The number of nitrogens with zero attached hydrogens (tertiary/aromatic N) is 1. The molecule has 1 fully saturated rings. The van der Waals surface area contributed by atoms with E-state index in [0.717, 1.165) is 10.2 Å².